The molecule has 1 atom stereocenters. The Balaban J connectivity index is 1.80. The van der Waals surface area contributed by atoms with Gasteiger partial charge in [-0.15, -0.1) is 0 Å². The van der Waals surface area contributed by atoms with Crippen LogP contribution < -0.4 is 5.73 Å². The molecule has 0 aromatic carbocycles. The van der Waals surface area contributed by atoms with E-state index in [9.17, 15) is 4.79 Å². The van der Waals surface area contributed by atoms with Crippen molar-refractivity contribution in [2.24, 2.45) is 17.6 Å². The number of rotatable bonds is 1. The molecule has 2 aliphatic rings. The molecule has 2 rings (SSSR count). The lowest BCUT2D eigenvalue weighted by atomic mass is 9.91. The Morgan fingerprint density at radius 1 is 1.06 bits per heavy atom. The van der Waals surface area contributed by atoms with Gasteiger partial charge < -0.3 is 15.5 Å². The molecule has 2 N–H and O–H groups in total. The number of carbonyl (C=O) groups is 1. The normalized spacial score (nSPS) is 25.3. The minimum absolute atomic E-state index is 0.255. The molecule has 2 heterocycles. The van der Waals surface area contributed by atoms with Gasteiger partial charge in [-0.05, 0) is 44.4 Å². The molecule has 0 radical (unpaired) electrons. The van der Waals surface area contributed by atoms with Gasteiger partial charge in [0.25, 0.3) is 0 Å². The monoisotopic (exact) mass is 253 g/mol. The molecule has 2 aliphatic heterocycles. The molecule has 4 heteroatoms. The molecule has 2 fully saturated rings. The smallest absolute Gasteiger partial charge is 0.319 e. The SMILES string of the molecule is CC1CCN(C(=O)N2CCC(C(C)N)CC2)CC1. The maximum Gasteiger partial charge on any atom is 0.319 e. The first-order valence-corrected chi connectivity index (χ1v) is 7.37. The van der Waals surface area contributed by atoms with Crippen LogP contribution in [-0.4, -0.2) is 48.1 Å². The number of amides is 2. The van der Waals surface area contributed by atoms with Crippen LogP contribution in [0.25, 0.3) is 0 Å². The molecule has 0 aromatic heterocycles. The molecule has 0 aromatic rings. The predicted molar refractivity (Wildman–Crippen MR) is 73.3 cm³/mol. The third kappa shape index (κ3) is 3.16. The largest absolute Gasteiger partial charge is 0.328 e. The summed E-state index contributed by atoms with van der Waals surface area (Å²) in [6.07, 6.45) is 4.44. The summed E-state index contributed by atoms with van der Waals surface area (Å²) >= 11 is 0. The zero-order chi connectivity index (χ0) is 13.1. The van der Waals surface area contributed by atoms with Gasteiger partial charge in [0.1, 0.15) is 0 Å². The highest BCUT2D eigenvalue weighted by atomic mass is 16.2. The molecule has 1 unspecified atom stereocenters. The van der Waals surface area contributed by atoms with Crippen molar-refractivity contribution in [3.8, 4) is 0 Å². The lowest BCUT2D eigenvalue weighted by molar-refractivity contribution is 0.115. The number of carbonyl (C=O) groups excluding carboxylic acids is 1. The number of urea groups is 1. The number of hydrogen-bond donors (Lipinski definition) is 1. The Morgan fingerprint density at radius 3 is 1.94 bits per heavy atom. The average Bonchev–Trinajstić information content (AvgIpc) is 2.39. The molecular formula is C14H27N3O. The summed E-state index contributed by atoms with van der Waals surface area (Å²) in [7, 11) is 0. The summed E-state index contributed by atoms with van der Waals surface area (Å²) in [4.78, 5) is 16.4. The third-order valence-electron chi connectivity index (χ3n) is 4.61. The van der Waals surface area contributed by atoms with E-state index < -0.39 is 0 Å². The van der Waals surface area contributed by atoms with Gasteiger partial charge in [0.05, 0.1) is 0 Å². The van der Waals surface area contributed by atoms with Gasteiger partial charge in [0, 0.05) is 32.2 Å². The Hall–Kier alpha value is -0.770. The minimum atomic E-state index is 0.255. The van der Waals surface area contributed by atoms with Crippen LogP contribution in [-0.2, 0) is 0 Å². The first kappa shape index (κ1) is 13.7. The molecule has 4 nitrogen and oxygen atoms in total. The van der Waals surface area contributed by atoms with Crippen molar-refractivity contribution in [2.75, 3.05) is 26.2 Å². The van der Waals surface area contributed by atoms with Gasteiger partial charge in [0.2, 0.25) is 0 Å². The van der Waals surface area contributed by atoms with Crippen molar-refractivity contribution in [1.82, 2.24) is 9.80 Å². The van der Waals surface area contributed by atoms with E-state index in [-0.39, 0.29) is 12.1 Å². The summed E-state index contributed by atoms with van der Waals surface area (Å²) in [5.74, 6) is 1.37. The van der Waals surface area contributed by atoms with Crippen LogP contribution in [0.5, 0.6) is 0 Å². The van der Waals surface area contributed by atoms with Crippen LogP contribution in [0.4, 0.5) is 4.79 Å². The van der Waals surface area contributed by atoms with Crippen molar-refractivity contribution in [2.45, 2.75) is 45.6 Å². The maximum atomic E-state index is 12.4. The van der Waals surface area contributed by atoms with Crippen LogP contribution in [0.15, 0.2) is 0 Å². The first-order chi connectivity index (χ1) is 8.58. The lowest BCUT2D eigenvalue weighted by Crippen LogP contribution is -2.50. The second-order valence-electron chi connectivity index (χ2n) is 6.14. The highest BCUT2D eigenvalue weighted by Crippen LogP contribution is 2.22. The standard InChI is InChI=1S/C14H27N3O/c1-11-3-7-16(8-4-11)14(18)17-9-5-13(6-10-17)12(2)15/h11-13H,3-10,15H2,1-2H3. The van der Waals surface area contributed by atoms with E-state index in [1.807, 2.05) is 9.80 Å². The minimum Gasteiger partial charge on any atom is -0.328 e. The first-order valence-electron chi connectivity index (χ1n) is 7.37. The number of hydrogen-bond acceptors (Lipinski definition) is 2. The zero-order valence-corrected chi connectivity index (χ0v) is 11.8. The molecule has 0 spiro atoms. The van der Waals surface area contributed by atoms with Crippen molar-refractivity contribution in [1.29, 1.82) is 0 Å². The van der Waals surface area contributed by atoms with E-state index >= 15 is 0 Å². The molecule has 18 heavy (non-hydrogen) atoms. The zero-order valence-electron chi connectivity index (χ0n) is 11.8. The molecular weight excluding hydrogens is 226 g/mol. The van der Waals surface area contributed by atoms with E-state index in [0.717, 1.165) is 57.8 Å². The van der Waals surface area contributed by atoms with Crippen molar-refractivity contribution in [3.05, 3.63) is 0 Å². The summed E-state index contributed by atoms with van der Waals surface area (Å²) < 4.78 is 0. The highest BCUT2D eigenvalue weighted by Gasteiger charge is 2.29. The van der Waals surface area contributed by atoms with Crippen LogP contribution in [0.2, 0.25) is 0 Å². The van der Waals surface area contributed by atoms with E-state index in [0.29, 0.717) is 5.92 Å². The van der Waals surface area contributed by atoms with Crippen LogP contribution in [0.3, 0.4) is 0 Å². The Bertz CT molecular complexity index is 277. The predicted octanol–water partition coefficient (Wildman–Crippen LogP) is 1.90. The number of nitrogens with two attached hydrogens (primary N) is 1. The number of likely N-dealkylation sites (tertiary alicyclic amines) is 2. The molecule has 0 aliphatic carbocycles. The average molecular weight is 253 g/mol. The molecule has 2 saturated heterocycles. The van der Waals surface area contributed by atoms with Gasteiger partial charge in [0.15, 0.2) is 0 Å². The fourth-order valence-corrected chi connectivity index (χ4v) is 3.02. The Kier molecular flexibility index (Phi) is 4.49. The maximum absolute atomic E-state index is 12.4. The third-order valence-corrected chi connectivity index (χ3v) is 4.61. The van der Waals surface area contributed by atoms with E-state index in [1.54, 1.807) is 0 Å². The fraction of sp³-hybridized carbons (Fsp3) is 0.929. The van der Waals surface area contributed by atoms with E-state index in [4.69, 9.17) is 5.73 Å². The Morgan fingerprint density at radius 2 is 1.50 bits per heavy atom. The number of piperidine rings is 2. The van der Waals surface area contributed by atoms with Crippen molar-refractivity contribution in [3.63, 3.8) is 0 Å². The van der Waals surface area contributed by atoms with Gasteiger partial charge in [-0.3, -0.25) is 0 Å². The summed E-state index contributed by atoms with van der Waals surface area (Å²) in [6, 6.07) is 0.517. The van der Waals surface area contributed by atoms with Gasteiger partial charge >= 0.3 is 6.03 Å². The Labute approximate surface area is 110 Å². The van der Waals surface area contributed by atoms with Crippen LogP contribution >= 0.6 is 0 Å². The topological polar surface area (TPSA) is 49.6 Å². The second-order valence-corrected chi connectivity index (χ2v) is 6.14. The summed E-state index contributed by atoms with van der Waals surface area (Å²) in [5, 5.41) is 0. The van der Waals surface area contributed by atoms with Gasteiger partial charge in [-0.1, -0.05) is 6.92 Å². The van der Waals surface area contributed by atoms with Crippen LogP contribution in [0.1, 0.15) is 39.5 Å². The second kappa shape index (κ2) is 5.91. The van der Waals surface area contributed by atoms with Crippen LogP contribution in [0, 0.1) is 11.8 Å². The van der Waals surface area contributed by atoms with Gasteiger partial charge in [-0.25, -0.2) is 4.79 Å². The number of nitrogens with zero attached hydrogens (tertiary/aromatic N) is 2. The quantitative estimate of drug-likeness (QED) is 0.776. The summed E-state index contributed by atoms with van der Waals surface area (Å²) in [6.45, 7) is 8.00. The van der Waals surface area contributed by atoms with E-state index in [2.05, 4.69) is 13.8 Å². The fourth-order valence-electron chi connectivity index (χ4n) is 3.02. The van der Waals surface area contributed by atoms with E-state index in [1.165, 1.54) is 0 Å². The van der Waals surface area contributed by atoms with Crippen molar-refractivity contribution >= 4 is 6.03 Å². The van der Waals surface area contributed by atoms with Crippen molar-refractivity contribution < 1.29 is 4.79 Å². The summed E-state index contributed by atoms with van der Waals surface area (Å²) in [5.41, 5.74) is 5.93. The molecule has 2 amide bonds. The molecule has 0 saturated carbocycles. The molecule has 104 valence electrons. The van der Waals surface area contributed by atoms with Gasteiger partial charge in [-0.2, -0.15) is 0 Å². The molecule has 0 bridgehead atoms. The lowest BCUT2D eigenvalue weighted by Gasteiger charge is -2.39. The highest BCUT2D eigenvalue weighted by molar-refractivity contribution is 5.74.